The highest BCUT2D eigenvalue weighted by Crippen LogP contribution is 2.17. The number of carbonyl (C=O) groups is 1. The van der Waals surface area contributed by atoms with Crippen LogP contribution in [0.15, 0.2) is 0 Å². The molecule has 0 aromatic rings. The Kier molecular flexibility index (Phi) is 4.81. The number of hydrogen-bond acceptors (Lipinski definition) is 4. The second-order valence-electron chi connectivity index (χ2n) is 5.25. The van der Waals surface area contributed by atoms with Gasteiger partial charge in [0, 0.05) is 19.1 Å². The van der Waals surface area contributed by atoms with E-state index in [2.05, 4.69) is 10.6 Å². The van der Waals surface area contributed by atoms with Gasteiger partial charge in [0.2, 0.25) is 15.9 Å². The van der Waals surface area contributed by atoms with Crippen molar-refractivity contribution in [2.24, 2.45) is 0 Å². The minimum absolute atomic E-state index is 0.0289. The fourth-order valence-corrected chi connectivity index (χ4v) is 4.82. The molecule has 2 unspecified atom stereocenters. The maximum Gasteiger partial charge on any atom is 0.238 e. The summed E-state index contributed by atoms with van der Waals surface area (Å²) in [7, 11) is -3.37. The Balaban J connectivity index is 2.06. The first kappa shape index (κ1) is 14.7. The summed E-state index contributed by atoms with van der Waals surface area (Å²) in [5, 5.41) is 5.98. The molecule has 6 nitrogen and oxygen atoms in total. The highest BCUT2D eigenvalue weighted by molar-refractivity contribution is 7.89. The minimum Gasteiger partial charge on any atom is -0.353 e. The van der Waals surface area contributed by atoms with E-state index in [0.29, 0.717) is 19.5 Å². The molecule has 0 spiro atoms. The predicted molar refractivity (Wildman–Crippen MR) is 73.2 cm³/mol. The van der Waals surface area contributed by atoms with Crippen LogP contribution in [-0.2, 0) is 14.8 Å². The summed E-state index contributed by atoms with van der Waals surface area (Å²) < 4.78 is 26.3. The van der Waals surface area contributed by atoms with E-state index < -0.39 is 16.1 Å². The molecule has 0 aromatic heterocycles. The van der Waals surface area contributed by atoms with Gasteiger partial charge in [0.1, 0.15) is 6.04 Å². The highest BCUT2D eigenvalue weighted by Gasteiger charge is 2.37. The van der Waals surface area contributed by atoms with Gasteiger partial charge >= 0.3 is 0 Å². The van der Waals surface area contributed by atoms with Crippen molar-refractivity contribution in [2.75, 3.05) is 25.4 Å². The highest BCUT2D eigenvalue weighted by atomic mass is 32.2. The van der Waals surface area contributed by atoms with Crippen LogP contribution in [0, 0.1) is 0 Å². The molecule has 1 amide bonds. The van der Waals surface area contributed by atoms with E-state index in [1.54, 1.807) is 0 Å². The summed E-state index contributed by atoms with van der Waals surface area (Å²) in [5.74, 6) is -0.0644. The van der Waals surface area contributed by atoms with Gasteiger partial charge in [0.25, 0.3) is 0 Å². The van der Waals surface area contributed by atoms with E-state index in [-0.39, 0.29) is 17.7 Å². The van der Waals surface area contributed by atoms with Crippen LogP contribution in [0.4, 0.5) is 0 Å². The summed E-state index contributed by atoms with van der Waals surface area (Å²) in [6.07, 6.45) is 3.60. The number of sulfonamides is 1. The normalized spacial score (nSPS) is 30.1. The van der Waals surface area contributed by atoms with Crippen LogP contribution in [0.3, 0.4) is 0 Å². The van der Waals surface area contributed by atoms with Crippen molar-refractivity contribution in [3.63, 3.8) is 0 Å². The molecular weight excluding hydrogens is 266 g/mol. The van der Waals surface area contributed by atoms with Gasteiger partial charge in [-0.25, -0.2) is 8.42 Å². The van der Waals surface area contributed by atoms with Crippen LogP contribution in [0.25, 0.3) is 0 Å². The predicted octanol–water partition coefficient (Wildman–Crippen LogP) is -0.331. The van der Waals surface area contributed by atoms with Crippen molar-refractivity contribution in [3.8, 4) is 0 Å². The van der Waals surface area contributed by atoms with Gasteiger partial charge in [-0.05, 0) is 25.8 Å². The lowest BCUT2D eigenvalue weighted by molar-refractivity contribution is -0.126. The molecule has 2 saturated heterocycles. The molecule has 2 heterocycles. The summed E-state index contributed by atoms with van der Waals surface area (Å²) in [5.41, 5.74) is 0. The first-order valence-electron chi connectivity index (χ1n) is 7.05. The Morgan fingerprint density at radius 1 is 1.32 bits per heavy atom. The third-order valence-corrected chi connectivity index (χ3v) is 5.83. The standard InChI is InChI=1S/C12H23N3O3S/c1-2-11-12(16)14-7-8-15(11)19(17,18)9-10-5-3-4-6-13-10/h10-11,13H,2-9H2,1H3,(H,14,16). The molecule has 0 aliphatic carbocycles. The monoisotopic (exact) mass is 289 g/mol. The molecule has 19 heavy (non-hydrogen) atoms. The van der Waals surface area contributed by atoms with Crippen LogP contribution in [0.2, 0.25) is 0 Å². The molecule has 2 fully saturated rings. The third-order valence-electron chi connectivity index (χ3n) is 3.85. The SMILES string of the molecule is CCC1C(=O)NCCN1S(=O)(=O)CC1CCCCN1. The summed E-state index contributed by atoms with van der Waals surface area (Å²) in [4.78, 5) is 11.7. The molecule has 2 atom stereocenters. The first-order valence-corrected chi connectivity index (χ1v) is 8.66. The van der Waals surface area contributed by atoms with E-state index in [1.807, 2.05) is 6.92 Å². The molecule has 110 valence electrons. The van der Waals surface area contributed by atoms with Gasteiger partial charge in [0.15, 0.2) is 0 Å². The number of nitrogens with zero attached hydrogens (tertiary/aromatic N) is 1. The molecule has 7 heteroatoms. The van der Waals surface area contributed by atoms with E-state index in [1.165, 1.54) is 4.31 Å². The van der Waals surface area contributed by atoms with E-state index >= 15 is 0 Å². The molecule has 2 aliphatic rings. The number of piperazine rings is 1. The van der Waals surface area contributed by atoms with Crippen LogP contribution in [0.1, 0.15) is 32.6 Å². The van der Waals surface area contributed by atoms with Gasteiger partial charge in [-0.2, -0.15) is 4.31 Å². The lowest BCUT2D eigenvalue weighted by atomic mass is 10.1. The number of nitrogens with one attached hydrogen (secondary N) is 2. The maximum atomic E-state index is 12.5. The zero-order chi connectivity index (χ0) is 13.9. The van der Waals surface area contributed by atoms with E-state index in [9.17, 15) is 13.2 Å². The van der Waals surface area contributed by atoms with Crippen molar-refractivity contribution in [1.29, 1.82) is 0 Å². The van der Waals surface area contributed by atoms with Gasteiger partial charge < -0.3 is 10.6 Å². The third kappa shape index (κ3) is 3.46. The van der Waals surface area contributed by atoms with Crippen LogP contribution in [0.5, 0.6) is 0 Å². The Hall–Kier alpha value is -0.660. The zero-order valence-electron chi connectivity index (χ0n) is 11.4. The second kappa shape index (κ2) is 6.19. The van der Waals surface area contributed by atoms with Crippen molar-refractivity contribution in [2.45, 2.75) is 44.7 Å². The fraction of sp³-hybridized carbons (Fsp3) is 0.917. The van der Waals surface area contributed by atoms with Crippen molar-refractivity contribution in [3.05, 3.63) is 0 Å². The fourth-order valence-electron chi connectivity index (χ4n) is 2.83. The number of hydrogen-bond donors (Lipinski definition) is 2. The molecule has 0 saturated carbocycles. The zero-order valence-corrected chi connectivity index (χ0v) is 12.2. The Labute approximate surface area is 115 Å². The Bertz CT molecular complexity index is 418. The quantitative estimate of drug-likeness (QED) is 0.743. The van der Waals surface area contributed by atoms with Crippen molar-refractivity contribution in [1.82, 2.24) is 14.9 Å². The molecule has 0 bridgehead atoms. The molecule has 2 N–H and O–H groups in total. The molecule has 2 rings (SSSR count). The Morgan fingerprint density at radius 3 is 2.74 bits per heavy atom. The van der Waals surface area contributed by atoms with E-state index in [4.69, 9.17) is 0 Å². The largest absolute Gasteiger partial charge is 0.353 e. The summed E-state index contributed by atoms with van der Waals surface area (Å²) >= 11 is 0. The number of rotatable bonds is 4. The minimum atomic E-state index is -3.37. The van der Waals surface area contributed by atoms with Crippen LogP contribution in [-0.4, -0.2) is 56.1 Å². The molecule has 0 radical (unpaired) electrons. The maximum absolute atomic E-state index is 12.5. The first-order chi connectivity index (χ1) is 9.04. The van der Waals surface area contributed by atoms with Gasteiger partial charge in [-0.3, -0.25) is 4.79 Å². The number of carbonyl (C=O) groups excluding carboxylic acids is 1. The molecule has 0 aromatic carbocycles. The molecule has 2 aliphatic heterocycles. The van der Waals surface area contributed by atoms with Crippen LogP contribution < -0.4 is 10.6 Å². The topological polar surface area (TPSA) is 78.5 Å². The number of amides is 1. The van der Waals surface area contributed by atoms with Crippen molar-refractivity contribution < 1.29 is 13.2 Å². The lowest BCUT2D eigenvalue weighted by Crippen LogP contribution is -2.58. The average molecular weight is 289 g/mol. The summed E-state index contributed by atoms with van der Waals surface area (Å²) in [6, 6.07) is -0.511. The number of piperidine rings is 1. The van der Waals surface area contributed by atoms with Gasteiger partial charge in [-0.15, -0.1) is 0 Å². The van der Waals surface area contributed by atoms with Crippen LogP contribution >= 0.6 is 0 Å². The summed E-state index contributed by atoms with van der Waals surface area (Å²) in [6.45, 7) is 3.53. The van der Waals surface area contributed by atoms with E-state index in [0.717, 1.165) is 25.8 Å². The smallest absolute Gasteiger partial charge is 0.238 e. The Morgan fingerprint density at radius 2 is 2.11 bits per heavy atom. The van der Waals surface area contributed by atoms with Crippen molar-refractivity contribution >= 4 is 15.9 Å². The lowest BCUT2D eigenvalue weighted by Gasteiger charge is -2.35. The average Bonchev–Trinajstić information content (AvgIpc) is 2.39. The second-order valence-corrected chi connectivity index (χ2v) is 7.22. The van der Waals surface area contributed by atoms with Gasteiger partial charge in [0.05, 0.1) is 5.75 Å². The van der Waals surface area contributed by atoms with Gasteiger partial charge in [-0.1, -0.05) is 13.3 Å². The molecular formula is C12H23N3O3S.